The Morgan fingerprint density at radius 2 is 1.67 bits per heavy atom. The van der Waals surface area contributed by atoms with Crippen LogP contribution < -0.4 is 14.9 Å². The number of ether oxygens (including phenoxy) is 2. The van der Waals surface area contributed by atoms with Gasteiger partial charge in [0.25, 0.3) is 0 Å². The largest absolute Gasteiger partial charge is 0.502 e. The molecular weight excluding hydrogens is 322 g/mol. The van der Waals surface area contributed by atoms with Gasteiger partial charge in [0, 0.05) is 11.6 Å². The maximum absolute atomic E-state index is 13.4. The molecule has 0 saturated carbocycles. The monoisotopic (exact) mass is 334 g/mol. The highest BCUT2D eigenvalue weighted by Gasteiger charge is 2.19. The number of hydrogen-bond donors (Lipinski definition) is 1. The van der Waals surface area contributed by atoms with Crippen molar-refractivity contribution in [1.82, 2.24) is 0 Å². The molecule has 0 fully saturated rings. The van der Waals surface area contributed by atoms with E-state index in [1.54, 1.807) is 0 Å². The van der Waals surface area contributed by atoms with Gasteiger partial charge in [0.05, 0.1) is 19.6 Å². The lowest BCUT2D eigenvalue weighted by Gasteiger charge is -2.10. The Balaban J connectivity index is 2.32. The van der Waals surface area contributed by atoms with E-state index in [-0.39, 0.29) is 28.0 Å². The van der Waals surface area contributed by atoms with Gasteiger partial charge in [-0.25, -0.2) is 8.78 Å². The first-order valence-corrected chi connectivity index (χ1v) is 6.83. The third-order valence-electron chi connectivity index (χ3n) is 3.55. The lowest BCUT2D eigenvalue weighted by molar-refractivity contribution is 0.355. The minimum absolute atomic E-state index is 0.0279. The van der Waals surface area contributed by atoms with Gasteiger partial charge < -0.3 is 19.0 Å². The third-order valence-corrected chi connectivity index (χ3v) is 3.55. The number of halogens is 2. The molecular formula is C17H12F2O5. The van der Waals surface area contributed by atoms with Gasteiger partial charge in [-0.05, 0) is 24.3 Å². The van der Waals surface area contributed by atoms with Crippen LogP contribution in [0.3, 0.4) is 0 Å². The lowest BCUT2D eigenvalue weighted by atomic mass is 10.1. The Morgan fingerprint density at radius 3 is 2.29 bits per heavy atom. The minimum atomic E-state index is -1.12. The Morgan fingerprint density at radius 1 is 1.00 bits per heavy atom. The van der Waals surface area contributed by atoms with Crippen LogP contribution in [0.15, 0.2) is 39.5 Å². The Labute approximate surface area is 134 Å². The fourth-order valence-electron chi connectivity index (χ4n) is 2.34. The molecule has 0 unspecified atom stereocenters. The van der Waals surface area contributed by atoms with Gasteiger partial charge in [-0.1, -0.05) is 0 Å². The number of fused-ring (bicyclic) bond motifs is 1. The average Bonchev–Trinajstić information content (AvgIpc) is 2.59. The van der Waals surface area contributed by atoms with Crippen molar-refractivity contribution >= 4 is 11.0 Å². The average molecular weight is 334 g/mol. The molecule has 0 aliphatic rings. The molecule has 0 saturated heterocycles. The SMILES string of the molecule is COc1cc2oc(-c3ccc(F)c(F)c3)c(O)c(=O)c2cc1OC. The van der Waals surface area contributed by atoms with Crippen LogP contribution in [0.2, 0.25) is 0 Å². The smallest absolute Gasteiger partial charge is 0.235 e. The van der Waals surface area contributed by atoms with Crippen molar-refractivity contribution in [3.8, 4) is 28.6 Å². The van der Waals surface area contributed by atoms with E-state index in [0.717, 1.165) is 12.1 Å². The van der Waals surface area contributed by atoms with Gasteiger partial charge in [-0.3, -0.25) is 4.79 Å². The van der Waals surface area contributed by atoms with Crippen molar-refractivity contribution in [2.45, 2.75) is 0 Å². The molecule has 0 bridgehead atoms. The second kappa shape index (κ2) is 5.84. The fraction of sp³-hybridized carbons (Fsp3) is 0.118. The zero-order valence-electron chi connectivity index (χ0n) is 12.7. The van der Waals surface area contributed by atoms with Crippen LogP contribution in [0.5, 0.6) is 17.2 Å². The highest BCUT2D eigenvalue weighted by molar-refractivity contribution is 5.85. The van der Waals surface area contributed by atoms with Crippen molar-refractivity contribution in [1.29, 1.82) is 0 Å². The van der Waals surface area contributed by atoms with E-state index in [1.165, 1.54) is 32.4 Å². The summed E-state index contributed by atoms with van der Waals surface area (Å²) < 4.78 is 42.2. The molecule has 0 atom stereocenters. The molecule has 3 aromatic rings. The number of benzene rings is 2. The highest BCUT2D eigenvalue weighted by Crippen LogP contribution is 2.35. The summed E-state index contributed by atoms with van der Waals surface area (Å²) in [7, 11) is 2.82. The second-order valence-corrected chi connectivity index (χ2v) is 4.94. The van der Waals surface area contributed by atoms with Gasteiger partial charge >= 0.3 is 0 Å². The van der Waals surface area contributed by atoms with Crippen molar-refractivity contribution in [2.24, 2.45) is 0 Å². The zero-order valence-corrected chi connectivity index (χ0v) is 12.7. The number of aromatic hydroxyl groups is 1. The number of methoxy groups -OCH3 is 2. The molecule has 0 aliphatic carbocycles. The normalized spacial score (nSPS) is 10.8. The molecule has 124 valence electrons. The van der Waals surface area contributed by atoms with Crippen LogP contribution in [0.1, 0.15) is 0 Å². The second-order valence-electron chi connectivity index (χ2n) is 4.94. The molecule has 3 rings (SSSR count). The Kier molecular flexibility index (Phi) is 3.84. The first kappa shape index (κ1) is 15.8. The van der Waals surface area contributed by atoms with Gasteiger partial charge in [0.2, 0.25) is 11.2 Å². The van der Waals surface area contributed by atoms with E-state index >= 15 is 0 Å². The molecule has 24 heavy (non-hydrogen) atoms. The molecule has 0 amide bonds. The Hall–Kier alpha value is -3.09. The van der Waals surface area contributed by atoms with E-state index < -0.39 is 22.8 Å². The molecule has 0 radical (unpaired) electrons. The van der Waals surface area contributed by atoms with Gasteiger partial charge in [0.15, 0.2) is 28.9 Å². The van der Waals surface area contributed by atoms with Crippen LogP contribution in [0.4, 0.5) is 8.78 Å². The summed E-state index contributed by atoms with van der Waals surface area (Å²) in [5, 5.41) is 10.2. The third kappa shape index (κ3) is 2.44. The predicted octanol–water partition coefficient (Wildman–Crippen LogP) is 3.46. The summed E-state index contributed by atoms with van der Waals surface area (Å²) >= 11 is 0. The molecule has 7 heteroatoms. The van der Waals surface area contributed by atoms with E-state index in [1.807, 2.05) is 0 Å². The fourth-order valence-corrected chi connectivity index (χ4v) is 2.34. The molecule has 5 nitrogen and oxygen atoms in total. The topological polar surface area (TPSA) is 68.9 Å². The van der Waals surface area contributed by atoms with Crippen LogP contribution in [0, 0.1) is 11.6 Å². The van der Waals surface area contributed by atoms with Crippen LogP contribution in [0.25, 0.3) is 22.3 Å². The number of rotatable bonds is 3. The van der Waals surface area contributed by atoms with Crippen molar-refractivity contribution in [2.75, 3.05) is 14.2 Å². The van der Waals surface area contributed by atoms with Crippen LogP contribution in [-0.4, -0.2) is 19.3 Å². The summed E-state index contributed by atoms with van der Waals surface area (Å²) in [5.41, 5.74) is -0.590. The molecule has 1 N–H and O–H groups in total. The molecule has 1 heterocycles. The Bertz CT molecular complexity index is 994. The minimum Gasteiger partial charge on any atom is -0.502 e. The van der Waals surface area contributed by atoms with Crippen LogP contribution in [-0.2, 0) is 0 Å². The summed E-state index contributed by atoms with van der Waals surface area (Å²) in [4.78, 5) is 12.4. The number of hydrogen-bond acceptors (Lipinski definition) is 5. The quantitative estimate of drug-likeness (QED) is 0.794. The predicted molar refractivity (Wildman–Crippen MR) is 82.6 cm³/mol. The zero-order chi connectivity index (χ0) is 17.4. The maximum atomic E-state index is 13.4. The van der Waals surface area contributed by atoms with Crippen LogP contribution >= 0.6 is 0 Å². The molecule has 1 aromatic heterocycles. The summed E-state index contributed by atoms with van der Waals surface area (Å²) in [6.45, 7) is 0. The first-order valence-electron chi connectivity index (χ1n) is 6.83. The van der Waals surface area contributed by atoms with Crippen molar-refractivity contribution < 1.29 is 27.8 Å². The first-order chi connectivity index (χ1) is 11.5. The standard InChI is InChI=1S/C17H12F2O5/c1-22-13-6-9-12(7-14(13)23-2)24-17(16(21)15(9)20)8-3-4-10(18)11(19)5-8/h3-7,21H,1-2H3. The lowest BCUT2D eigenvalue weighted by Crippen LogP contribution is -2.04. The van der Waals surface area contributed by atoms with E-state index in [9.17, 15) is 18.7 Å². The van der Waals surface area contributed by atoms with E-state index in [2.05, 4.69) is 0 Å². The summed E-state index contributed by atoms with van der Waals surface area (Å²) in [5.74, 6) is -2.54. The van der Waals surface area contributed by atoms with Crippen molar-refractivity contribution in [3.63, 3.8) is 0 Å². The summed E-state index contributed by atoms with van der Waals surface area (Å²) in [6.07, 6.45) is 0. The van der Waals surface area contributed by atoms with E-state index in [0.29, 0.717) is 5.75 Å². The van der Waals surface area contributed by atoms with Gasteiger partial charge in [0.1, 0.15) is 5.58 Å². The van der Waals surface area contributed by atoms with Gasteiger partial charge in [-0.15, -0.1) is 0 Å². The molecule has 2 aromatic carbocycles. The molecule has 0 spiro atoms. The van der Waals surface area contributed by atoms with E-state index in [4.69, 9.17) is 13.9 Å². The van der Waals surface area contributed by atoms with Gasteiger partial charge in [-0.2, -0.15) is 0 Å². The maximum Gasteiger partial charge on any atom is 0.235 e. The summed E-state index contributed by atoms with van der Waals surface area (Å²) in [6, 6.07) is 5.69. The highest BCUT2D eigenvalue weighted by atomic mass is 19.2. The van der Waals surface area contributed by atoms with Crippen molar-refractivity contribution in [3.05, 3.63) is 52.2 Å². The molecule has 0 aliphatic heterocycles.